The Morgan fingerprint density at radius 3 is 1.51 bits per heavy atom. The fourth-order valence-corrected chi connectivity index (χ4v) is 4.56. The molecule has 41 heavy (non-hydrogen) atoms. The van der Waals surface area contributed by atoms with Crippen molar-refractivity contribution < 1.29 is 24.2 Å². The summed E-state index contributed by atoms with van der Waals surface area (Å²) in [6.07, 6.45) is 37.7. The summed E-state index contributed by atoms with van der Waals surface area (Å²) in [5.41, 5.74) is 0. The van der Waals surface area contributed by atoms with Gasteiger partial charge in [0.25, 0.3) is 0 Å². The topological polar surface area (TPSA) is 72.8 Å². The number of aliphatic hydroxyl groups is 1. The van der Waals surface area contributed by atoms with Crippen molar-refractivity contribution in [2.75, 3.05) is 13.2 Å². The summed E-state index contributed by atoms with van der Waals surface area (Å²) >= 11 is 0. The molecule has 5 nitrogen and oxygen atoms in total. The zero-order valence-electron chi connectivity index (χ0n) is 26.8. The van der Waals surface area contributed by atoms with E-state index in [1.807, 2.05) is 0 Å². The number of unbranched alkanes of at least 4 members (excludes halogenated alkanes) is 16. The van der Waals surface area contributed by atoms with Gasteiger partial charge in [-0.05, 0) is 51.4 Å². The van der Waals surface area contributed by atoms with Crippen molar-refractivity contribution in [3.05, 3.63) is 36.5 Å². The van der Waals surface area contributed by atoms with Crippen LogP contribution < -0.4 is 0 Å². The van der Waals surface area contributed by atoms with Crippen LogP contribution in [-0.2, 0) is 19.1 Å². The zero-order chi connectivity index (χ0) is 30.1. The number of carbonyl (C=O) groups is 2. The van der Waals surface area contributed by atoms with Crippen molar-refractivity contribution in [3.63, 3.8) is 0 Å². The van der Waals surface area contributed by atoms with Crippen molar-refractivity contribution in [1.29, 1.82) is 0 Å². The van der Waals surface area contributed by atoms with E-state index in [1.165, 1.54) is 83.5 Å². The summed E-state index contributed by atoms with van der Waals surface area (Å²) in [5, 5.41) is 9.49. The molecule has 0 fully saturated rings. The molecule has 0 aliphatic rings. The molecular weight excluding hydrogens is 512 g/mol. The Balaban J connectivity index is 3.66. The van der Waals surface area contributed by atoms with Crippen molar-refractivity contribution in [2.45, 2.75) is 168 Å². The van der Waals surface area contributed by atoms with E-state index in [9.17, 15) is 14.7 Å². The highest BCUT2D eigenvalue weighted by molar-refractivity contribution is 5.70. The van der Waals surface area contributed by atoms with Crippen molar-refractivity contribution in [3.8, 4) is 0 Å². The van der Waals surface area contributed by atoms with Crippen LogP contribution >= 0.6 is 0 Å². The molecule has 0 aromatic carbocycles. The summed E-state index contributed by atoms with van der Waals surface area (Å²) in [7, 11) is 0. The van der Waals surface area contributed by atoms with Crippen LogP contribution in [0.25, 0.3) is 0 Å². The molecule has 1 unspecified atom stereocenters. The second kappa shape index (κ2) is 32.6. The fraction of sp³-hybridized carbons (Fsp3) is 0.778. The van der Waals surface area contributed by atoms with E-state index in [2.05, 4.69) is 50.3 Å². The van der Waals surface area contributed by atoms with Gasteiger partial charge in [0.1, 0.15) is 6.61 Å². The number of ether oxygens (including phenoxy) is 2. The number of hydrogen-bond acceptors (Lipinski definition) is 5. The van der Waals surface area contributed by atoms with Crippen molar-refractivity contribution >= 4 is 11.9 Å². The van der Waals surface area contributed by atoms with Crippen LogP contribution in [-0.4, -0.2) is 36.4 Å². The number of carbonyl (C=O) groups excluding carboxylic acids is 2. The van der Waals surface area contributed by atoms with E-state index in [4.69, 9.17) is 9.47 Å². The maximum atomic E-state index is 12.1. The Morgan fingerprint density at radius 2 is 0.976 bits per heavy atom. The monoisotopic (exact) mass is 576 g/mol. The van der Waals surface area contributed by atoms with Crippen molar-refractivity contribution in [1.82, 2.24) is 0 Å². The van der Waals surface area contributed by atoms with Gasteiger partial charge < -0.3 is 14.6 Å². The van der Waals surface area contributed by atoms with E-state index in [-0.39, 0.29) is 25.2 Å². The summed E-state index contributed by atoms with van der Waals surface area (Å²) in [5.74, 6) is -0.636. The molecule has 0 saturated heterocycles. The predicted octanol–water partition coefficient (Wildman–Crippen LogP) is 10.1. The highest BCUT2D eigenvalue weighted by Gasteiger charge is 2.16. The van der Waals surface area contributed by atoms with Crippen LogP contribution in [0.2, 0.25) is 0 Å². The van der Waals surface area contributed by atoms with E-state index in [1.54, 1.807) is 0 Å². The standard InChI is InChI=1S/C36H64O5/c1-3-5-7-9-11-13-15-17-18-19-21-22-24-26-28-30-35(38)40-33-34(32-37)41-36(39)31-29-27-25-23-20-16-14-12-10-8-6-4-2/h11,13,17-18,21-22,34,37H,3-10,12,14-16,19-20,23-33H2,1-2H3. The SMILES string of the molecule is CCCCCC=CCC=CCC=CCCCCC(=O)OCC(CO)OC(=O)CCCCCCCCCCCCCC. The Bertz CT molecular complexity index is 667. The normalized spacial score (nSPS) is 12.6. The molecule has 5 heteroatoms. The lowest BCUT2D eigenvalue weighted by Gasteiger charge is -2.15. The largest absolute Gasteiger partial charge is 0.462 e. The third-order valence-corrected chi connectivity index (χ3v) is 7.19. The maximum Gasteiger partial charge on any atom is 0.306 e. The average molecular weight is 577 g/mol. The Hall–Kier alpha value is -1.88. The summed E-state index contributed by atoms with van der Waals surface area (Å²) in [4.78, 5) is 24.1. The van der Waals surface area contributed by atoms with Gasteiger partial charge in [0, 0.05) is 12.8 Å². The first-order valence-electron chi connectivity index (χ1n) is 17.0. The van der Waals surface area contributed by atoms with E-state index >= 15 is 0 Å². The number of esters is 2. The lowest BCUT2D eigenvalue weighted by molar-refractivity contribution is -0.161. The molecule has 0 radical (unpaired) electrons. The highest BCUT2D eigenvalue weighted by atomic mass is 16.6. The van der Waals surface area contributed by atoms with Crippen LogP contribution in [0.4, 0.5) is 0 Å². The van der Waals surface area contributed by atoms with Gasteiger partial charge in [0.2, 0.25) is 0 Å². The molecule has 0 bridgehead atoms. The first-order valence-corrected chi connectivity index (χ1v) is 17.0. The number of allylic oxidation sites excluding steroid dienone is 6. The quantitative estimate of drug-likeness (QED) is 0.0523. The fourth-order valence-electron chi connectivity index (χ4n) is 4.56. The maximum absolute atomic E-state index is 12.1. The van der Waals surface area contributed by atoms with Gasteiger partial charge in [0.15, 0.2) is 6.10 Å². The van der Waals surface area contributed by atoms with Crippen LogP contribution in [0.5, 0.6) is 0 Å². The molecule has 0 aromatic rings. The highest BCUT2D eigenvalue weighted by Crippen LogP contribution is 2.13. The minimum Gasteiger partial charge on any atom is -0.462 e. The smallest absolute Gasteiger partial charge is 0.306 e. The Morgan fingerprint density at radius 1 is 0.561 bits per heavy atom. The molecule has 0 aliphatic carbocycles. The van der Waals surface area contributed by atoms with Crippen LogP contribution in [0.15, 0.2) is 36.5 Å². The molecule has 0 aliphatic heterocycles. The van der Waals surface area contributed by atoms with Gasteiger partial charge >= 0.3 is 11.9 Å². The summed E-state index contributed by atoms with van der Waals surface area (Å²) in [6.45, 7) is 4.05. The number of rotatable bonds is 30. The second-order valence-electron chi connectivity index (χ2n) is 11.2. The molecule has 0 rings (SSSR count). The van der Waals surface area contributed by atoms with E-state index < -0.39 is 6.10 Å². The van der Waals surface area contributed by atoms with Crippen molar-refractivity contribution in [2.24, 2.45) is 0 Å². The van der Waals surface area contributed by atoms with Gasteiger partial charge in [-0.25, -0.2) is 0 Å². The Kier molecular flexibility index (Phi) is 31.1. The first kappa shape index (κ1) is 39.1. The van der Waals surface area contributed by atoms with Crippen LogP contribution in [0, 0.1) is 0 Å². The number of hydrogen-bond donors (Lipinski definition) is 1. The molecule has 0 amide bonds. The van der Waals surface area contributed by atoms with Crippen LogP contribution in [0.1, 0.15) is 162 Å². The third kappa shape index (κ3) is 30.9. The molecule has 1 atom stereocenters. The molecular formula is C36H64O5. The van der Waals surface area contributed by atoms with Gasteiger partial charge in [0.05, 0.1) is 6.61 Å². The van der Waals surface area contributed by atoms with E-state index in [0.717, 1.165) is 51.4 Å². The van der Waals surface area contributed by atoms with Gasteiger partial charge in [-0.2, -0.15) is 0 Å². The molecule has 0 aromatic heterocycles. The van der Waals surface area contributed by atoms with Gasteiger partial charge in [-0.3, -0.25) is 9.59 Å². The zero-order valence-corrected chi connectivity index (χ0v) is 26.8. The lowest BCUT2D eigenvalue weighted by Crippen LogP contribution is -2.28. The molecule has 1 N–H and O–H groups in total. The van der Waals surface area contributed by atoms with Gasteiger partial charge in [-0.15, -0.1) is 0 Å². The van der Waals surface area contributed by atoms with E-state index in [0.29, 0.717) is 12.8 Å². The van der Waals surface area contributed by atoms with Gasteiger partial charge in [-0.1, -0.05) is 134 Å². The minimum atomic E-state index is -0.781. The van der Waals surface area contributed by atoms with Crippen LogP contribution in [0.3, 0.4) is 0 Å². The second-order valence-corrected chi connectivity index (χ2v) is 11.2. The average Bonchev–Trinajstić information content (AvgIpc) is 2.97. The molecule has 238 valence electrons. The number of aliphatic hydroxyl groups excluding tert-OH is 1. The lowest BCUT2D eigenvalue weighted by atomic mass is 10.0. The summed E-state index contributed by atoms with van der Waals surface area (Å²) in [6, 6.07) is 0. The predicted molar refractivity (Wildman–Crippen MR) is 173 cm³/mol. The first-order chi connectivity index (χ1) is 20.1. The summed E-state index contributed by atoms with van der Waals surface area (Å²) < 4.78 is 10.5. The molecule has 0 saturated carbocycles. The minimum absolute atomic E-state index is 0.0836. The third-order valence-electron chi connectivity index (χ3n) is 7.19. The molecule has 0 heterocycles. The Labute approximate surface area is 253 Å². The molecule has 0 spiro atoms.